The van der Waals surface area contributed by atoms with Gasteiger partial charge in [-0.15, -0.1) is 0 Å². The van der Waals surface area contributed by atoms with Crippen LogP contribution in [0.2, 0.25) is 10.2 Å². The molecule has 1 N–H and O–H groups in total. The largest absolute Gasteiger partial charge is 0.481 e. The fourth-order valence-corrected chi connectivity index (χ4v) is 3.11. The number of aryl methyl sites for hydroxylation is 1. The average Bonchev–Trinajstić information content (AvgIpc) is 3.03. The molecule has 1 unspecified atom stereocenters. The van der Waals surface area contributed by atoms with Crippen molar-refractivity contribution >= 4 is 35.3 Å². The van der Waals surface area contributed by atoms with Gasteiger partial charge in [-0.3, -0.25) is 4.79 Å². The molecule has 2 aromatic carbocycles. The van der Waals surface area contributed by atoms with Crippen molar-refractivity contribution in [3.05, 3.63) is 81.1 Å². The van der Waals surface area contributed by atoms with E-state index in [-0.39, 0.29) is 0 Å². The molecule has 1 heterocycles. The molecule has 3 rings (SSSR count). The third kappa shape index (κ3) is 5.85. The standard InChI is InChI=1S/C22H19Cl2N5O2/c1-14-20(21(24)29(28-14)13-17-3-7-18(23)8-4-17)12-26-27-22(30)15(2)31-19-9-5-16(11-25)6-10-19/h3-10,12,15H,13H2,1-2H3,(H,27,30)/b26-12+. The highest BCUT2D eigenvalue weighted by molar-refractivity contribution is 6.32. The first kappa shape index (κ1) is 22.3. The van der Waals surface area contributed by atoms with Gasteiger partial charge >= 0.3 is 0 Å². The summed E-state index contributed by atoms with van der Waals surface area (Å²) in [5.41, 5.74) is 5.23. The van der Waals surface area contributed by atoms with Crippen LogP contribution in [-0.2, 0) is 11.3 Å². The Hall–Kier alpha value is -3.34. The van der Waals surface area contributed by atoms with E-state index in [9.17, 15) is 4.79 Å². The van der Waals surface area contributed by atoms with Crippen molar-refractivity contribution in [1.29, 1.82) is 5.26 Å². The Morgan fingerprint density at radius 3 is 2.58 bits per heavy atom. The Kier molecular flexibility index (Phi) is 7.29. The third-order valence-corrected chi connectivity index (χ3v) is 5.04. The van der Waals surface area contributed by atoms with Crippen LogP contribution in [0.4, 0.5) is 0 Å². The highest BCUT2D eigenvalue weighted by Gasteiger charge is 2.15. The van der Waals surface area contributed by atoms with E-state index in [0.29, 0.717) is 39.3 Å². The summed E-state index contributed by atoms with van der Waals surface area (Å²) in [6.45, 7) is 3.89. The van der Waals surface area contributed by atoms with Gasteiger partial charge in [-0.2, -0.15) is 15.5 Å². The fourth-order valence-electron chi connectivity index (χ4n) is 2.70. The summed E-state index contributed by atoms with van der Waals surface area (Å²) >= 11 is 12.4. The number of benzene rings is 2. The van der Waals surface area contributed by atoms with E-state index in [4.69, 9.17) is 33.2 Å². The van der Waals surface area contributed by atoms with E-state index >= 15 is 0 Å². The molecule has 0 aliphatic carbocycles. The molecule has 0 radical (unpaired) electrons. The van der Waals surface area contributed by atoms with E-state index in [2.05, 4.69) is 15.6 Å². The second kappa shape index (κ2) is 10.1. The summed E-state index contributed by atoms with van der Waals surface area (Å²) < 4.78 is 7.21. The Morgan fingerprint density at radius 1 is 1.26 bits per heavy atom. The van der Waals surface area contributed by atoms with Crippen molar-refractivity contribution in [2.75, 3.05) is 0 Å². The number of nitrogens with zero attached hydrogens (tertiary/aromatic N) is 4. The molecule has 0 aliphatic rings. The van der Waals surface area contributed by atoms with Crippen LogP contribution >= 0.6 is 23.2 Å². The number of aromatic nitrogens is 2. The molecule has 0 saturated carbocycles. The molecule has 0 spiro atoms. The molecule has 31 heavy (non-hydrogen) atoms. The molecule has 9 heteroatoms. The molecular weight excluding hydrogens is 437 g/mol. The molecule has 1 aromatic heterocycles. The molecular formula is C22H19Cl2N5O2. The zero-order chi connectivity index (χ0) is 22.4. The quantitative estimate of drug-likeness (QED) is 0.423. The minimum absolute atomic E-state index is 0.410. The second-order valence-electron chi connectivity index (χ2n) is 6.70. The number of carbonyl (C=O) groups is 1. The molecule has 0 fully saturated rings. The molecule has 158 valence electrons. The molecule has 1 atom stereocenters. The van der Waals surface area contributed by atoms with Crippen LogP contribution < -0.4 is 10.2 Å². The number of nitrogens with one attached hydrogen (secondary N) is 1. The maximum atomic E-state index is 12.2. The number of hydrazone groups is 1. The van der Waals surface area contributed by atoms with Gasteiger partial charge in [0.2, 0.25) is 0 Å². The Balaban J connectivity index is 1.60. The van der Waals surface area contributed by atoms with Gasteiger partial charge in [0, 0.05) is 5.02 Å². The minimum Gasteiger partial charge on any atom is -0.481 e. The first-order valence-electron chi connectivity index (χ1n) is 9.34. The Labute approximate surface area is 189 Å². The lowest BCUT2D eigenvalue weighted by Crippen LogP contribution is -2.33. The summed E-state index contributed by atoms with van der Waals surface area (Å²) in [4.78, 5) is 12.2. The molecule has 0 saturated heterocycles. The van der Waals surface area contributed by atoms with Crippen LogP contribution in [0.3, 0.4) is 0 Å². The molecule has 0 bridgehead atoms. The Bertz CT molecular complexity index is 1130. The number of rotatable bonds is 7. The summed E-state index contributed by atoms with van der Waals surface area (Å²) in [5, 5.41) is 18.3. The van der Waals surface area contributed by atoms with Crippen molar-refractivity contribution in [2.45, 2.75) is 26.5 Å². The van der Waals surface area contributed by atoms with Crippen LogP contribution in [0.1, 0.15) is 29.3 Å². The third-order valence-electron chi connectivity index (χ3n) is 4.39. The van der Waals surface area contributed by atoms with Crippen LogP contribution in [0.15, 0.2) is 53.6 Å². The highest BCUT2D eigenvalue weighted by atomic mass is 35.5. The topological polar surface area (TPSA) is 92.3 Å². The molecule has 3 aromatic rings. The van der Waals surface area contributed by atoms with Crippen molar-refractivity contribution in [3.8, 4) is 11.8 Å². The fraction of sp³-hybridized carbons (Fsp3) is 0.182. The van der Waals surface area contributed by atoms with Crippen molar-refractivity contribution in [3.63, 3.8) is 0 Å². The zero-order valence-electron chi connectivity index (χ0n) is 16.8. The smallest absolute Gasteiger partial charge is 0.280 e. The summed E-state index contributed by atoms with van der Waals surface area (Å²) in [5.74, 6) is 0.0518. The molecule has 1 amide bonds. The van der Waals surface area contributed by atoms with Crippen LogP contribution in [0, 0.1) is 18.3 Å². The van der Waals surface area contributed by atoms with Gasteiger partial charge < -0.3 is 4.74 Å². The number of hydrogen-bond donors (Lipinski definition) is 1. The van der Waals surface area contributed by atoms with Crippen molar-refractivity contribution in [1.82, 2.24) is 15.2 Å². The summed E-state index contributed by atoms with van der Waals surface area (Å²) in [6, 6.07) is 15.9. The van der Waals surface area contributed by atoms with Gasteiger partial charge in [0.25, 0.3) is 5.91 Å². The number of hydrogen-bond acceptors (Lipinski definition) is 5. The van der Waals surface area contributed by atoms with Gasteiger partial charge in [-0.1, -0.05) is 35.3 Å². The molecule has 7 nitrogen and oxygen atoms in total. The van der Waals surface area contributed by atoms with E-state index in [0.717, 1.165) is 5.56 Å². The lowest BCUT2D eigenvalue weighted by molar-refractivity contribution is -0.127. The van der Waals surface area contributed by atoms with Gasteiger partial charge in [0.15, 0.2) is 6.10 Å². The van der Waals surface area contributed by atoms with E-state index < -0.39 is 12.0 Å². The first-order valence-corrected chi connectivity index (χ1v) is 10.1. The summed E-state index contributed by atoms with van der Waals surface area (Å²) in [7, 11) is 0. The van der Waals surface area contributed by atoms with Crippen molar-refractivity contribution in [2.24, 2.45) is 5.10 Å². The number of halogens is 2. The van der Waals surface area contributed by atoms with Crippen LogP contribution in [0.25, 0.3) is 0 Å². The van der Waals surface area contributed by atoms with Gasteiger partial charge in [0.1, 0.15) is 10.9 Å². The van der Waals surface area contributed by atoms with E-state index in [1.54, 1.807) is 48.0 Å². The van der Waals surface area contributed by atoms with Crippen molar-refractivity contribution < 1.29 is 9.53 Å². The summed E-state index contributed by atoms with van der Waals surface area (Å²) in [6.07, 6.45) is 0.671. The van der Waals surface area contributed by atoms with Gasteiger partial charge in [-0.25, -0.2) is 10.1 Å². The first-order chi connectivity index (χ1) is 14.9. The number of nitriles is 1. The predicted molar refractivity (Wildman–Crippen MR) is 120 cm³/mol. The second-order valence-corrected chi connectivity index (χ2v) is 7.50. The molecule has 0 aliphatic heterocycles. The monoisotopic (exact) mass is 455 g/mol. The normalized spacial score (nSPS) is 11.8. The lowest BCUT2D eigenvalue weighted by atomic mass is 10.2. The SMILES string of the molecule is Cc1nn(Cc2ccc(Cl)cc2)c(Cl)c1/C=N/NC(=O)C(C)Oc1ccc(C#N)cc1. The predicted octanol–water partition coefficient (Wildman–Crippen LogP) is 4.34. The van der Waals surface area contributed by atoms with E-state index in [1.165, 1.54) is 6.21 Å². The average molecular weight is 456 g/mol. The van der Waals surface area contributed by atoms with E-state index in [1.807, 2.05) is 25.1 Å². The van der Waals surface area contributed by atoms with Gasteiger partial charge in [0.05, 0.1) is 35.6 Å². The minimum atomic E-state index is -0.783. The van der Waals surface area contributed by atoms with Crippen LogP contribution in [0.5, 0.6) is 5.75 Å². The van der Waals surface area contributed by atoms with Crippen LogP contribution in [-0.4, -0.2) is 28.0 Å². The number of amides is 1. The lowest BCUT2D eigenvalue weighted by Gasteiger charge is -2.12. The number of carbonyl (C=O) groups excluding carboxylic acids is 1. The zero-order valence-corrected chi connectivity index (χ0v) is 18.4. The number of ether oxygens (including phenoxy) is 1. The van der Waals surface area contributed by atoms with Gasteiger partial charge in [-0.05, 0) is 55.8 Å². The highest BCUT2D eigenvalue weighted by Crippen LogP contribution is 2.20. The maximum Gasteiger partial charge on any atom is 0.280 e. The Morgan fingerprint density at radius 2 is 1.94 bits per heavy atom. The maximum absolute atomic E-state index is 12.2.